The van der Waals surface area contributed by atoms with Crippen LogP contribution >= 0.6 is 27.3 Å². The predicted octanol–water partition coefficient (Wildman–Crippen LogP) is 5.69. The minimum atomic E-state index is 0.0618. The standard InChI is InChI=1S/C16H26BrNOS/c1-3-4-5-6-7-8-9-10-11-18-16(19)14-12-13(2)15(17)20-14/h12H,3-11H2,1-2H3,(H,18,19). The van der Waals surface area contributed by atoms with Crippen LogP contribution in [0, 0.1) is 6.92 Å². The normalized spacial score (nSPS) is 10.8. The molecular formula is C16H26BrNOS. The van der Waals surface area contributed by atoms with Gasteiger partial charge in [0.1, 0.15) is 0 Å². The van der Waals surface area contributed by atoms with Gasteiger partial charge in [-0.2, -0.15) is 0 Å². The Labute approximate surface area is 135 Å². The molecule has 0 aliphatic rings. The molecule has 1 aromatic heterocycles. The fourth-order valence-electron chi connectivity index (χ4n) is 2.12. The van der Waals surface area contributed by atoms with Crippen molar-refractivity contribution in [1.82, 2.24) is 5.32 Å². The molecule has 2 nitrogen and oxygen atoms in total. The first-order valence-corrected chi connectivity index (χ1v) is 9.30. The van der Waals surface area contributed by atoms with Crippen molar-refractivity contribution in [3.8, 4) is 0 Å². The molecule has 0 aliphatic heterocycles. The van der Waals surface area contributed by atoms with Crippen molar-refractivity contribution in [1.29, 1.82) is 0 Å². The van der Waals surface area contributed by atoms with Gasteiger partial charge in [-0.05, 0) is 40.9 Å². The summed E-state index contributed by atoms with van der Waals surface area (Å²) in [7, 11) is 0. The molecular weight excluding hydrogens is 334 g/mol. The zero-order valence-electron chi connectivity index (χ0n) is 12.6. The summed E-state index contributed by atoms with van der Waals surface area (Å²) < 4.78 is 1.05. The van der Waals surface area contributed by atoms with Crippen molar-refractivity contribution in [2.45, 2.75) is 65.2 Å². The van der Waals surface area contributed by atoms with Crippen LogP contribution in [0.3, 0.4) is 0 Å². The average molecular weight is 360 g/mol. The molecule has 0 fully saturated rings. The fourth-order valence-corrected chi connectivity index (χ4v) is 3.57. The Bertz CT molecular complexity index is 384. The van der Waals surface area contributed by atoms with Gasteiger partial charge >= 0.3 is 0 Å². The SMILES string of the molecule is CCCCCCCCCCNC(=O)c1cc(C)c(Br)s1. The maximum atomic E-state index is 11.9. The summed E-state index contributed by atoms with van der Waals surface area (Å²) in [5.41, 5.74) is 1.13. The number of unbranched alkanes of at least 4 members (excludes halogenated alkanes) is 7. The first kappa shape index (κ1) is 17.7. The van der Waals surface area contributed by atoms with Crippen LogP contribution in [0.5, 0.6) is 0 Å². The highest BCUT2D eigenvalue weighted by Crippen LogP contribution is 2.27. The molecule has 0 spiro atoms. The molecule has 0 saturated carbocycles. The minimum absolute atomic E-state index is 0.0618. The van der Waals surface area contributed by atoms with E-state index in [0.717, 1.165) is 27.2 Å². The van der Waals surface area contributed by atoms with E-state index in [9.17, 15) is 4.79 Å². The molecule has 0 saturated heterocycles. The van der Waals surface area contributed by atoms with Gasteiger partial charge in [-0.1, -0.05) is 51.9 Å². The molecule has 20 heavy (non-hydrogen) atoms. The molecule has 1 amide bonds. The number of hydrogen-bond acceptors (Lipinski definition) is 2. The van der Waals surface area contributed by atoms with Crippen LogP contribution in [0.2, 0.25) is 0 Å². The van der Waals surface area contributed by atoms with E-state index in [4.69, 9.17) is 0 Å². The van der Waals surface area contributed by atoms with E-state index in [1.54, 1.807) is 0 Å². The summed E-state index contributed by atoms with van der Waals surface area (Å²) >= 11 is 4.96. The smallest absolute Gasteiger partial charge is 0.261 e. The molecule has 0 atom stereocenters. The van der Waals surface area contributed by atoms with Gasteiger partial charge in [0, 0.05) is 6.54 Å². The van der Waals surface area contributed by atoms with Gasteiger partial charge in [0.15, 0.2) is 0 Å². The summed E-state index contributed by atoms with van der Waals surface area (Å²) in [6.07, 6.45) is 10.4. The zero-order chi connectivity index (χ0) is 14.8. The third kappa shape index (κ3) is 6.89. The Hall–Kier alpha value is -0.350. The van der Waals surface area contributed by atoms with Crippen molar-refractivity contribution >= 4 is 33.2 Å². The molecule has 4 heteroatoms. The highest BCUT2D eigenvalue weighted by Gasteiger charge is 2.10. The number of rotatable bonds is 10. The van der Waals surface area contributed by atoms with Crippen LogP contribution in [-0.2, 0) is 0 Å². The minimum Gasteiger partial charge on any atom is -0.351 e. The van der Waals surface area contributed by atoms with Crippen molar-refractivity contribution in [3.05, 3.63) is 20.3 Å². The average Bonchev–Trinajstić information content (AvgIpc) is 2.77. The number of aryl methyl sites for hydroxylation is 1. The van der Waals surface area contributed by atoms with E-state index >= 15 is 0 Å². The summed E-state index contributed by atoms with van der Waals surface area (Å²) in [5.74, 6) is 0.0618. The topological polar surface area (TPSA) is 29.1 Å². The highest BCUT2D eigenvalue weighted by atomic mass is 79.9. The summed E-state index contributed by atoms with van der Waals surface area (Å²) in [6, 6.07) is 1.94. The van der Waals surface area contributed by atoms with Crippen molar-refractivity contribution < 1.29 is 4.79 Å². The van der Waals surface area contributed by atoms with Crippen LogP contribution in [0.1, 0.15) is 73.5 Å². The number of nitrogens with one attached hydrogen (secondary N) is 1. The fraction of sp³-hybridized carbons (Fsp3) is 0.688. The van der Waals surface area contributed by atoms with Gasteiger partial charge in [-0.3, -0.25) is 4.79 Å². The molecule has 0 radical (unpaired) electrons. The lowest BCUT2D eigenvalue weighted by Crippen LogP contribution is -2.23. The third-order valence-electron chi connectivity index (χ3n) is 3.40. The number of amides is 1. The van der Waals surface area contributed by atoms with E-state index < -0.39 is 0 Å². The van der Waals surface area contributed by atoms with Gasteiger partial charge in [0.05, 0.1) is 8.66 Å². The monoisotopic (exact) mass is 359 g/mol. The number of thiophene rings is 1. The second kappa shape index (κ2) is 10.4. The first-order chi connectivity index (χ1) is 9.65. The van der Waals surface area contributed by atoms with Crippen LogP contribution in [0.15, 0.2) is 9.85 Å². The Balaban J connectivity index is 2.02. The number of halogens is 1. The first-order valence-electron chi connectivity index (χ1n) is 7.69. The molecule has 1 heterocycles. The lowest BCUT2D eigenvalue weighted by molar-refractivity contribution is 0.0957. The highest BCUT2D eigenvalue weighted by molar-refractivity contribution is 9.11. The number of carbonyl (C=O) groups excluding carboxylic acids is 1. The quantitative estimate of drug-likeness (QED) is 0.534. The van der Waals surface area contributed by atoms with Gasteiger partial charge in [-0.25, -0.2) is 0 Å². The Morgan fingerprint density at radius 1 is 1.15 bits per heavy atom. The molecule has 114 valence electrons. The molecule has 1 rings (SSSR count). The van der Waals surface area contributed by atoms with E-state index in [-0.39, 0.29) is 5.91 Å². The third-order valence-corrected chi connectivity index (χ3v) is 5.53. The second-order valence-corrected chi connectivity index (χ2v) is 7.67. The Kier molecular flexibility index (Phi) is 9.19. The van der Waals surface area contributed by atoms with E-state index in [0.29, 0.717) is 0 Å². The van der Waals surface area contributed by atoms with Crippen LogP contribution < -0.4 is 5.32 Å². The maximum absolute atomic E-state index is 11.9. The summed E-state index contributed by atoms with van der Waals surface area (Å²) in [5, 5.41) is 3.00. The lowest BCUT2D eigenvalue weighted by atomic mass is 10.1. The van der Waals surface area contributed by atoms with Crippen LogP contribution in [-0.4, -0.2) is 12.5 Å². The van der Waals surface area contributed by atoms with Gasteiger partial charge in [0.25, 0.3) is 5.91 Å². The Morgan fingerprint density at radius 3 is 2.30 bits per heavy atom. The molecule has 0 bridgehead atoms. The molecule has 1 aromatic rings. The molecule has 1 N–H and O–H groups in total. The number of carbonyl (C=O) groups is 1. The lowest BCUT2D eigenvalue weighted by Gasteiger charge is -2.04. The van der Waals surface area contributed by atoms with Crippen molar-refractivity contribution in [2.75, 3.05) is 6.54 Å². The van der Waals surface area contributed by atoms with E-state index in [1.165, 1.54) is 56.3 Å². The molecule has 0 aliphatic carbocycles. The van der Waals surface area contributed by atoms with Crippen LogP contribution in [0.25, 0.3) is 0 Å². The van der Waals surface area contributed by atoms with E-state index in [2.05, 4.69) is 28.2 Å². The summed E-state index contributed by atoms with van der Waals surface area (Å²) in [4.78, 5) is 12.7. The van der Waals surface area contributed by atoms with Crippen molar-refractivity contribution in [3.63, 3.8) is 0 Å². The van der Waals surface area contributed by atoms with E-state index in [1.807, 2.05) is 13.0 Å². The molecule has 0 unspecified atom stereocenters. The molecule has 0 aromatic carbocycles. The predicted molar refractivity (Wildman–Crippen MR) is 91.7 cm³/mol. The zero-order valence-corrected chi connectivity index (χ0v) is 15.0. The largest absolute Gasteiger partial charge is 0.351 e. The van der Waals surface area contributed by atoms with Gasteiger partial charge in [-0.15, -0.1) is 11.3 Å². The van der Waals surface area contributed by atoms with Gasteiger partial charge < -0.3 is 5.32 Å². The number of hydrogen-bond donors (Lipinski definition) is 1. The van der Waals surface area contributed by atoms with Crippen molar-refractivity contribution in [2.24, 2.45) is 0 Å². The maximum Gasteiger partial charge on any atom is 0.261 e. The second-order valence-electron chi connectivity index (χ2n) is 5.30. The van der Waals surface area contributed by atoms with Gasteiger partial charge in [0.2, 0.25) is 0 Å². The van der Waals surface area contributed by atoms with Crippen LogP contribution in [0.4, 0.5) is 0 Å². The summed E-state index contributed by atoms with van der Waals surface area (Å²) in [6.45, 7) is 5.05. The Morgan fingerprint density at radius 2 is 1.75 bits per heavy atom.